The molecule has 1 aliphatic heterocycles. The average Bonchev–Trinajstić information content (AvgIpc) is 3.15. The fourth-order valence-corrected chi connectivity index (χ4v) is 3.93. The molecule has 0 aromatic heterocycles. The van der Waals surface area contributed by atoms with E-state index in [1.807, 2.05) is 0 Å². The first-order valence-electron chi connectivity index (χ1n) is 10.3. The van der Waals surface area contributed by atoms with Crippen LogP contribution >= 0.6 is 0 Å². The van der Waals surface area contributed by atoms with Crippen molar-refractivity contribution in [2.45, 2.75) is 24.4 Å². The number of carbonyl (C=O) groups excluding carboxylic acids is 2. The molecule has 7 N–H and O–H groups in total. The lowest BCUT2D eigenvalue weighted by Crippen LogP contribution is -2.59. The van der Waals surface area contributed by atoms with Crippen LogP contribution in [-0.4, -0.2) is 57.9 Å². The molecule has 0 radical (unpaired) electrons. The predicted octanol–water partition coefficient (Wildman–Crippen LogP) is 1.77. The van der Waals surface area contributed by atoms with Crippen LogP contribution in [0.3, 0.4) is 0 Å². The highest BCUT2D eigenvalue weighted by molar-refractivity contribution is 6.06. The van der Waals surface area contributed by atoms with E-state index in [1.54, 1.807) is 0 Å². The number of hydrogen-bond acceptors (Lipinski definition) is 7. The summed E-state index contributed by atoms with van der Waals surface area (Å²) in [6, 6.07) is 8.08. The second-order valence-electron chi connectivity index (χ2n) is 7.93. The molecule has 0 aliphatic carbocycles. The second-order valence-corrected chi connectivity index (χ2v) is 7.93. The largest absolute Gasteiger partial charge is 0.481 e. The molecule has 2 aromatic carbocycles. The average molecular weight is 510 g/mol. The minimum atomic E-state index is -4.77. The van der Waals surface area contributed by atoms with Crippen LogP contribution in [-0.2, 0) is 20.6 Å². The van der Waals surface area contributed by atoms with Gasteiger partial charge in [-0.2, -0.15) is 13.2 Å². The third-order valence-electron chi connectivity index (χ3n) is 5.55. The van der Waals surface area contributed by atoms with Crippen molar-refractivity contribution in [3.63, 3.8) is 0 Å². The molecular formula is C22H21F3N4O7. The molecule has 14 heteroatoms. The summed E-state index contributed by atoms with van der Waals surface area (Å²) in [6.07, 6.45) is -7.81. The standard InChI is InChI=1S/C22H21F3N4O7/c1-26-15(30)9-21(16(19(33)34)17(31)20(35)36)28-13-7-6-10(8-14(13)29-21)27-18(32)11-4-2-3-5-12(11)22(23,24)25/h2-8,16-17,28-29,31H,9H2,1H3,(H,26,30)(H,27,32)(H,33,34)(H,35,36). The fraction of sp³-hybridized carbons (Fsp3) is 0.273. The Labute approximate surface area is 201 Å². The fourth-order valence-electron chi connectivity index (χ4n) is 3.93. The van der Waals surface area contributed by atoms with E-state index in [0.717, 1.165) is 18.2 Å². The monoisotopic (exact) mass is 510 g/mol. The van der Waals surface area contributed by atoms with Crippen molar-refractivity contribution >= 4 is 40.8 Å². The summed E-state index contributed by atoms with van der Waals surface area (Å²) in [4.78, 5) is 48.1. The molecule has 1 aliphatic rings. The Morgan fingerprint density at radius 3 is 2.22 bits per heavy atom. The Bertz CT molecular complexity index is 1220. The summed E-state index contributed by atoms with van der Waals surface area (Å²) in [5.41, 5.74) is -3.45. The van der Waals surface area contributed by atoms with Gasteiger partial charge in [0.25, 0.3) is 5.91 Å². The number of hydrogen-bond donors (Lipinski definition) is 7. The maximum absolute atomic E-state index is 13.3. The molecule has 2 aromatic rings. The van der Waals surface area contributed by atoms with Crippen molar-refractivity contribution in [3.8, 4) is 0 Å². The smallest absolute Gasteiger partial charge is 0.417 e. The number of carboxylic acid groups (broad SMARTS) is 2. The quantitative estimate of drug-likeness (QED) is 0.279. The number of amides is 2. The minimum Gasteiger partial charge on any atom is -0.481 e. The number of fused-ring (bicyclic) bond motifs is 1. The lowest BCUT2D eigenvalue weighted by atomic mass is 9.84. The van der Waals surface area contributed by atoms with Crippen LogP contribution in [0.15, 0.2) is 42.5 Å². The number of halogens is 3. The van der Waals surface area contributed by atoms with Gasteiger partial charge >= 0.3 is 18.1 Å². The topological polar surface area (TPSA) is 177 Å². The van der Waals surface area contributed by atoms with Crippen LogP contribution in [0, 0.1) is 5.92 Å². The first kappa shape index (κ1) is 26.3. The number of benzene rings is 2. The molecule has 0 saturated heterocycles. The van der Waals surface area contributed by atoms with Gasteiger partial charge in [0.05, 0.1) is 28.9 Å². The number of aliphatic hydroxyl groups is 1. The summed E-state index contributed by atoms with van der Waals surface area (Å²) in [6.45, 7) is 0. The van der Waals surface area contributed by atoms with E-state index >= 15 is 0 Å². The van der Waals surface area contributed by atoms with Crippen molar-refractivity contribution in [2.75, 3.05) is 23.0 Å². The highest BCUT2D eigenvalue weighted by Crippen LogP contribution is 2.42. The van der Waals surface area contributed by atoms with E-state index in [-0.39, 0.29) is 17.1 Å². The van der Waals surface area contributed by atoms with Gasteiger partial charge in [-0.05, 0) is 30.3 Å². The van der Waals surface area contributed by atoms with E-state index < -0.39 is 65.2 Å². The van der Waals surface area contributed by atoms with Gasteiger partial charge in [-0.1, -0.05) is 12.1 Å². The molecule has 3 atom stereocenters. The van der Waals surface area contributed by atoms with Crippen LogP contribution in [0.4, 0.5) is 30.2 Å². The normalized spacial score (nSPS) is 18.1. The number of carboxylic acids is 2. The number of nitrogens with one attached hydrogen (secondary N) is 4. The number of aliphatic carboxylic acids is 2. The van der Waals surface area contributed by atoms with E-state index in [4.69, 9.17) is 0 Å². The van der Waals surface area contributed by atoms with Gasteiger partial charge < -0.3 is 36.6 Å². The predicted molar refractivity (Wildman–Crippen MR) is 119 cm³/mol. The molecule has 2 amide bonds. The van der Waals surface area contributed by atoms with Crippen molar-refractivity contribution in [3.05, 3.63) is 53.6 Å². The zero-order chi connectivity index (χ0) is 26.8. The lowest BCUT2D eigenvalue weighted by Gasteiger charge is -2.36. The summed E-state index contributed by atoms with van der Waals surface area (Å²) in [5.74, 6) is -7.37. The van der Waals surface area contributed by atoms with Crippen LogP contribution in [0.5, 0.6) is 0 Å². The van der Waals surface area contributed by atoms with Crippen molar-refractivity contribution in [2.24, 2.45) is 5.92 Å². The molecule has 3 unspecified atom stereocenters. The Hall–Kier alpha value is -4.33. The molecular weight excluding hydrogens is 489 g/mol. The molecule has 0 saturated carbocycles. The lowest BCUT2D eigenvalue weighted by molar-refractivity contribution is -0.162. The van der Waals surface area contributed by atoms with Crippen LogP contribution in [0.1, 0.15) is 22.3 Å². The molecule has 36 heavy (non-hydrogen) atoms. The Morgan fingerprint density at radius 1 is 1.00 bits per heavy atom. The molecule has 192 valence electrons. The zero-order valence-corrected chi connectivity index (χ0v) is 18.5. The van der Waals surface area contributed by atoms with Crippen molar-refractivity contribution < 1.29 is 47.7 Å². The Morgan fingerprint density at radius 2 is 1.64 bits per heavy atom. The molecule has 0 spiro atoms. The summed E-state index contributed by atoms with van der Waals surface area (Å²) in [5, 5.41) is 39.1. The van der Waals surface area contributed by atoms with Crippen LogP contribution < -0.4 is 21.3 Å². The maximum atomic E-state index is 13.3. The summed E-state index contributed by atoms with van der Waals surface area (Å²) < 4.78 is 39.8. The van der Waals surface area contributed by atoms with Crippen LogP contribution in [0.25, 0.3) is 0 Å². The van der Waals surface area contributed by atoms with E-state index in [1.165, 1.54) is 31.3 Å². The van der Waals surface area contributed by atoms with E-state index in [0.29, 0.717) is 0 Å². The first-order chi connectivity index (χ1) is 16.8. The number of rotatable bonds is 8. The highest BCUT2D eigenvalue weighted by Gasteiger charge is 2.54. The second kappa shape index (κ2) is 9.73. The number of alkyl halides is 3. The van der Waals surface area contributed by atoms with Gasteiger partial charge in [0.2, 0.25) is 5.91 Å². The van der Waals surface area contributed by atoms with E-state index in [9.17, 15) is 47.7 Å². The van der Waals surface area contributed by atoms with Crippen molar-refractivity contribution in [1.29, 1.82) is 0 Å². The van der Waals surface area contributed by atoms with Gasteiger partial charge in [0, 0.05) is 12.7 Å². The Balaban J connectivity index is 1.95. The minimum absolute atomic E-state index is 0.0198. The number of carbonyl (C=O) groups is 4. The summed E-state index contributed by atoms with van der Waals surface area (Å²) >= 11 is 0. The zero-order valence-electron chi connectivity index (χ0n) is 18.5. The molecule has 3 rings (SSSR count). The van der Waals surface area contributed by atoms with E-state index in [2.05, 4.69) is 21.3 Å². The summed E-state index contributed by atoms with van der Waals surface area (Å²) in [7, 11) is 1.27. The van der Waals surface area contributed by atoms with Gasteiger partial charge in [-0.3, -0.25) is 14.4 Å². The number of anilines is 3. The first-order valence-corrected chi connectivity index (χ1v) is 10.3. The molecule has 0 bridgehead atoms. The van der Waals surface area contributed by atoms with Crippen molar-refractivity contribution in [1.82, 2.24) is 5.32 Å². The number of aliphatic hydroxyl groups excluding tert-OH is 1. The third-order valence-corrected chi connectivity index (χ3v) is 5.55. The van der Waals surface area contributed by atoms with Gasteiger partial charge in [-0.15, -0.1) is 0 Å². The maximum Gasteiger partial charge on any atom is 0.417 e. The molecule has 11 nitrogen and oxygen atoms in total. The van der Waals surface area contributed by atoms with Crippen LogP contribution in [0.2, 0.25) is 0 Å². The SMILES string of the molecule is CNC(=O)CC1(C(C(=O)O)C(O)C(=O)O)Nc2ccc(NC(=O)c3ccccc3C(F)(F)F)cc2N1. The Kier molecular flexibility index (Phi) is 7.10. The van der Waals surface area contributed by atoms with Gasteiger partial charge in [-0.25, -0.2) is 4.79 Å². The molecule has 0 fully saturated rings. The molecule has 1 heterocycles. The van der Waals surface area contributed by atoms with Gasteiger partial charge in [0.1, 0.15) is 11.6 Å². The highest BCUT2D eigenvalue weighted by atomic mass is 19.4. The van der Waals surface area contributed by atoms with Gasteiger partial charge in [0.15, 0.2) is 6.10 Å². The third kappa shape index (κ3) is 5.17.